The quantitative estimate of drug-likeness (QED) is 0.532. The van der Waals surface area contributed by atoms with Gasteiger partial charge in [-0.05, 0) is 57.1 Å². The van der Waals surface area contributed by atoms with Crippen molar-refractivity contribution in [2.45, 2.75) is 109 Å². The minimum atomic E-state index is 0.194. The van der Waals surface area contributed by atoms with Crippen LogP contribution in [0.1, 0.15) is 89.3 Å². The highest BCUT2D eigenvalue weighted by molar-refractivity contribution is 5.82. The van der Waals surface area contributed by atoms with Crippen molar-refractivity contribution in [1.82, 2.24) is 19.8 Å². The molecule has 1 heterocycles. The molecule has 0 saturated heterocycles. The van der Waals surface area contributed by atoms with E-state index in [1.165, 1.54) is 38.5 Å². The number of carbonyl (C=O) groups is 2. The SMILES string of the molecule is O=C(NCCCc1nc2ccccc2n1CC(=O)N(C1CCCCC1)C1CCCCC1)C1CC1. The number of aromatic nitrogens is 2. The van der Waals surface area contributed by atoms with Crippen LogP contribution in [0.25, 0.3) is 11.0 Å². The van der Waals surface area contributed by atoms with Crippen molar-refractivity contribution >= 4 is 22.8 Å². The Morgan fingerprint density at radius 1 is 0.912 bits per heavy atom. The molecule has 3 aliphatic carbocycles. The summed E-state index contributed by atoms with van der Waals surface area (Å²) in [6, 6.07) is 8.97. The van der Waals surface area contributed by atoms with Crippen LogP contribution in [0.3, 0.4) is 0 Å². The summed E-state index contributed by atoms with van der Waals surface area (Å²) < 4.78 is 2.15. The van der Waals surface area contributed by atoms with Crippen molar-refractivity contribution in [3.63, 3.8) is 0 Å². The normalized spacial score (nSPS) is 19.9. The van der Waals surface area contributed by atoms with Gasteiger partial charge >= 0.3 is 0 Å². The van der Waals surface area contributed by atoms with Gasteiger partial charge in [0.15, 0.2) is 0 Å². The number of imidazole rings is 1. The summed E-state index contributed by atoms with van der Waals surface area (Å²) in [5.41, 5.74) is 1.99. The third-order valence-electron chi connectivity index (χ3n) is 8.08. The van der Waals surface area contributed by atoms with E-state index in [0.29, 0.717) is 25.2 Å². The van der Waals surface area contributed by atoms with Crippen LogP contribution >= 0.6 is 0 Å². The summed E-state index contributed by atoms with van der Waals surface area (Å²) in [5.74, 6) is 1.67. The van der Waals surface area contributed by atoms with Crippen molar-refractivity contribution in [3.05, 3.63) is 30.1 Å². The molecule has 0 unspecified atom stereocenters. The summed E-state index contributed by atoms with van der Waals surface area (Å²) in [7, 11) is 0. The Kier molecular flexibility index (Phi) is 7.51. The van der Waals surface area contributed by atoms with E-state index < -0.39 is 0 Å². The number of carbonyl (C=O) groups excluding carboxylic acids is 2. The Morgan fingerprint density at radius 2 is 1.56 bits per heavy atom. The summed E-state index contributed by atoms with van der Waals surface area (Å²) >= 11 is 0. The number of amides is 2. The zero-order valence-corrected chi connectivity index (χ0v) is 20.5. The molecule has 0 atom stereocenters. The van der Waals surface area contributed by atoms with Gasteiger partial charge in [0.1, 0.15) is 12.4 Å². The number of rotatable bonds is 9. The monoisotopic (exact) mass is 464 g/mol. The number of hydrogen-bond acceptors (Lipinski definition) is 3. The lowest BCUT2D eigenvalue weighted by molar-refractivity contribution is -0.138. The summed E-state index contributed by atoms with van der Waals surface area (Å²) in [4.78, 5) is 33.1. The van der Waals surface area contributed by atoms with E-state index in [9.17, 15) is 9.59 Å². The fourth-order valence-electron chi connectivity index (χ4n) is 6.08. The fraction of sp³-hybridized carbons (Fsp3) is 0.679. The third-order valence-corrected chi connectivity index (χ3v) is 8.08. The van der Waals surface area contributed by atoms with Gasteiger partial charge in [-0.25, -0.2) is 4.98 Å². The van der Waals surface area contributed by atoms with Crippen LogP contribution in [0.15, 0.2) is 24.3 Å². The lowest BCUT2D eigenvalue weighted by atomic mass is 9.88. The smallest absolute Gasteiger partial charge is 0.243 e. The molecule has 1 aromatic carbocycles. The minimum Gasteiger partial charge on any atom is -0.356 e. The highest BCUT2D eigenvalue weighted by Gasteiger charge is 2.33. The molecular weight excluding hydrogens is 424 g/mol. The van der Waals surface area contributed by atoms with Gasteiger partial charge in [0.25, 0.3) is 0 Å². The Morgan fingerprint density at radius 3 is 2.21 bits per heavy atom. The van der Waals surface area contributed by atoms with E-state index in [2.05, 4.69) is 20.9 Å². The van der Waals surface area contributed by atoms with E-state index in [4.69, 9.17) is 4.98 Å². The molecule has 1 N–H and O–H groups in total. The Labute approximate surface area is 203 Å². The van der Waals surface area contributed by atoms with Crippen LogP contribution in [-0.2, 0) is 22.6 Å². The van der Waals surface area contributed by atoms with Crippen molar-refractivity contribution in [2.24, 2.45) is 5.92 Å². The zero-order chi connectivity index (χ0) is 23.3. The van der Waals surface area contributed by atoms with Crippen molar-refractivity contribution in [2.75, 3.05) is 6.54 Å². The number of aryl methyl sites for hydroxylation is 1. The van der Waals surface area contributed by atoms with E-state index in [-0.39, 0.29) is 17.7 Å². The summed E-state index contributed by atoms with van der Waals surface area (Å²) in [5, 5.41) is 3.06. The standard InChI is InChI=1S/C28H40N4O2/c33-27(32(22-10-3-1-4-11-22)23-12-5-2-6-13-23)20-31-25-15-8-7-14-24(25)30-26(31)16-9-19-29-28(34)21-17-18-21/h7-8,14-15,21-23H,1-6,9-13,16-20H2,(H,29,34). The molecular formula is C28H40N4O2. The Hall–Kier alpha value is -2.37. The van der Waals surface area contributed by atoms with Gasteiger partial charge in [0.05, 0.1) is 11.0 Å². The number of hydrogen-bond donors (Lipinski definition) is 1. The number of para-hydroxylation sites is 2. The molecule has 0 bridgehead atoms. The second-order valence-corrected chi connectivity index (χ2v) is 10.7. The number of fused-ring (bicyclic) bond motifs is 1. The predicted molar refractivity (Wildman–Crippen MR) is 134 cm³/mol. The van der Waals surface area contributed by atoms with Crippen molar-refractivity contribution in [1.29, 1.82) is 0 Å². The molecule has 2 aromatic rings. The lowest BCUT2D eigenvalue weighted by Gasteiger charge is -2.42. The summed E-state index contributed by atoms with van der Waals surface area (Å²) in [6.07, 6.45) is 15.9. The zero-order valence-electron chi connectivity index (χ0n) is 20.5. The molecule has 184 valence electrons. The first-order valence-electron chi connectivity index (χ1n) is 13.7. The molecule has 3 aliphatic rings. The van der Waals surface area contributed by atoms with Gasteiger partial charge in [-0.1, -0.05) is 50.7 Å². The van der Waals surface area contributed by atoms with Crippen molar-refractivity contribution in [3.8, 4) is 0 Å². The highest BCUT2D eigenvalue weighted by Crippen LogP contribution is 2.31. The topological polar surface area (TPSA) is 67.2 Å². The second-order valence-electron chi connectivity index (χ2n) is 10.7. The minimum absolute atomic E-state index is 0.194. The molecule has 1 aromatic heterocycles. The number of nitrogens with one attached hydrogen (secondary N) is 1. The average molecular weight is 465 g/mol. The number of benzene rings is 1. The lowest BCUT2D eigenvalue weighted by Crippen LogP contribution is -2.50. The maximum atomic E-state index is 13.9. The van der Waals surface area contributed by atoms with Gasteiger partial charge in [-0.2, -0.15) is 0 Å². The van der Waals surface area contributed by atoms with Crippen LogP contribution in [0.4, 0.5) is 0 Å². The molecule has 6 heteroatoms. The number of nitrogens with zero attached hydrogens (tertiary/aromatic N) is 3. The molecule has 3 saturated carbocycles. The van der Waals surface area contributed by atoms with Gasteiger partial charge in [-0.3, -0.25) is 9.59 Å². The maximum absolute atomic E-state index is 13.9. The molecule has 0 spiro atoms. The molecule has 34 heavy (non-hydrogen) atoms. The molecule has 6 nitrogen and oxygen atoms in total. The largest absolute Gasteiger partial charge is 0.356 e. The molecule has 3 fully saturated rings. The molecule has 0 aliphatic heterocycles. The van der Waals surface area contributed by atoms with Gasteiger partial charge < -0.3 is 14.8 Å². The van der Waals surface area contributed by atoms with Crippen LogP contribution in [0.2, 0.25) is 0 Å². The second kappa shape index (κ2) is 10.9. The Balaban J connectivity index is 1.32. The Bertz CT molecular complexity index is 965. The first-order valence-corrected chi connectivity index (χ1v) is 13.7. The highest BCUT2D eigenvalue weighted by atomic mass is 16.2. The van der Waals surface area contributed by atoms with E-state index in [1.807, 2.05) is 18.2 Å². The van der Waals surface area contributed by atoms with Gasteiger partial charge in [0.2, 0.25) is 11.8 Å². The van der Waals surface area contributed by atoms with Crippen molar-refractivity contribution < 1.29 is 9.59 Å². The predicted octanol–water partition coefficient (Wildman–Crippen LogP) is 4.99. The van der Waals surface area contributed by atoms with E-state index in [0.717, 1.165) is 68.2 Å². The van der Waals surface area contributed by atoms with Crippen LogP contribution in [0, 0.1) is 5.92 Å². The fourth-order valence-corrected chi connectivity index (χ4v) is 6.08. The molecule has 5 rings (SSSR count). The average Bonchev–Trinajstić information content (AvgIpc) is 3.67. The third kappa shape index (κ3) is 5.47. The maximum Gasteiger partial charge on any atom is 0.243 e. The van der Waals surface area contributed by atoms with Gasteiger partial charge in [-0.15, -0.1) is 0 Å². The molecule has 2 amide bonds. The van der Waals surface area contributed by atoms with Crippen LogP contribution < -0.4 is 5.32 Å². The summed E-state index contributed by atoms with van der Waals surface area (Å²) in [6.45, 7) is 1.04. The van der Waals surface area contributed by atoms with Crippen LogP contribution in [0.5, 0.6) is 0 Å². The first-order chi connectivity index (χ1) is 16.7. The van der Waals surface area contributed by atoms with E-state index in [1.54, 1.807) is 0 Å². The first kappa shape index (κ1) is 23.4. The van der Waals surface area contributed by atoms with Crippen LogP contribution in [-0.4, -0.2) is 44.9 Å². The molecule has 0 radical (unpaired) electrons. The van der Waals surface area contributed by atoms with E-state index >= 15 is 0 Å². The van der Waals surface area contributed by atoms with Gasteiger partial charge in [0, 0.05) is 31.0 Å².